The van der Waals surface area contributed by atoms with Gasteiger partial charge >= 0.3 is 0 Å². The van der Waals surface area contributed by atoms with Crippen LogP contribution < -0.4 is 0 Å². The van der Waals surface area contributed by atoms with Crippen molar-refractivity contribution in [2.24, 2.45) is 0 Å². The first-order valence-electron chi connectivity index (χ1n) is 3.40. The Hall–Kier alpha value is 1.01. The molecule has 0 spiro atoms. The summed E-state index contributed by atoms with van der Waals surface area (Å²) in [5.41, 5.74) is 0. The van der Waals surface area contributed by atoms with Gasteiger partial charge in [-0.3, -0.25) is 0 Å². The predicted molar refractivity (Wildman–Crippen MR) is 58.0 cm³/mol. The first kappa shape index (κ1) is 11.0. The van der Waals surface area contributed by atoms with E-state index in [1.54, 1.807) is 0 Å². The summed E-state index contributed by atoms with van der Waals surface area (Å²) in [5, 5.41) is 0. The van der Waals surface area contributed by atoms with E-state index < -0.39 is 0 Å². The largest absolute Gasteiger partial charge is 0.301 e. The highest BCUT2D eigenvalue weighted by Crippen LogP contribution is 1.91. The molecule has 0 unspecified atom stereocenters. The van der Waals surface area contributed by atoms with Crippen LogP contribution in [0.25, 0.3) is 0 Å². The number of rotatable bonds is 6. The fourth-order valence-corrected chi connectivity index (χ4v) is 1.61. The number of thiol groups is 3. The molecule has 0 bridgehead atoms. The van der Waals surface area contributed by atoms with Gasteiger partial charge in [-0.1, -0.05) is 0 Å². The first-order valence-corrected chi connectivity index (χ1v) is 5.29. The highest BCUT2D eigenvalue weighted by atomic mass is 32.1. The van der Waals surface area contributed by atoms with Crippen LogP contribution in [0.3, 0.4) is 0 Å². The van der Waals surface area contributed by atoms with Gasteiger partial charge in [0.05, 0.1) is 0 Å². The van der Waals surface area contributed by atoms with E-state index in [0.29, 0.717) is 0 Å². The Bertz CT molecular complexity index is 55.7. The normalized spacial score (nSPS) is 10.8. The zero-order chi connectivity index (χ0) is 7.82. The molecule has 0 aromatic heterocycles. The molecule has 0 radical (unpaired) electrons. The first-order chi connectivity index (χ1) is 4.85. The van der Waals surface area contributed by atoms with Crippen molar-refractivity contribution >= 4 is 37.9 Å². The van der Waals surface area contributed by atoms with Crippen LogP contribution in [0.5, 0.6) is 0 Å². The summed E-state index contributed by atoms with van der Waals surface area (Å²) in [4.78, 5) is 2.31. The number of nitrogens with zero attached hydrogens (tertiary/aromatic N) is 1. The van der Waals surface area contributed by atoms with Crippen LogP contribution in [-0.4, -0.2) is 41.8 Å². The van der Waals surface area contributed by atoms with E-state index in [9.17, 15) is 0 Å². The Labute approximate surface area is 79.8 Å². The zero-order valence-electron chi connectivity index (χ0n) is 6.03. The van der Waals surface area contributed by atoms with E-state index in [-0.39, 0.29) is 0 Å². The lowest BCUT2D eigenvalue weighted by Gasteiger charge is -2.18. The van der Waals surface area contributed by atoms with Gasteiger partial charge in [0.15, 0.2) is 0 Å². The molecular formula is C6H15NS3. The minimum atomic E-state index is 0.918. The van der Waals surface area contributed by atoms with Crippen LogP contribution in [0, 0.1) is 0 Å². The summed E-state index contributed by atoms with van der Waals surface area (Å²) in [6.07, 6.45) is 0. The predicted octanol–water partition coefficient (Wildman–Crippen LogP) is 1.08. The molecule has 0 saturated carbocycles. The quantitative estimate of drug-likeness (QED) is 0.537. The smallest absolute Gasteiger partial charge is 0.00705 e. The molecule has 0 atom stereocenters. The average Bonchev–Trinajstić information content (AvgIpc) is 1.90. The fourth-order valence-electron chi connectivity index (χ4n) is 0.760. The van der Waals surface area contributed by atoms with Gasteiger partial charge in [0.1, 0.15) is 0 Å². The van der Waals surface area contributed by atoms with E-state index in [1.807, 2.05) is 0 Å². The standard InChI is InChI=1S/C6H15NS3/c8-4-1-7(2-5-9)3-6-10/h8-10H,1-6H2. The summed E-state index contributed by atoms with van der Waals surface area (Å²) < 4.78 is 0. The molecular weight excluding hydrogens is 182 g/mol. The summed E-state index contributed by atoms with van der Waals surface area (Å²) in [7, 11) is 0. The second-order valence-corrected chi connectivity index (χ2v) is 3.35. The molecule has 62 valence electrons. The van der Waals surface area contributed by atoms with Crippen molar-refractivity contribution in [1.82, 2.24) is 4.90 Å². The maximum Gasteiger partial charge on any atom is 0.00705 e. The van der Waals surface area contributed by atoms with Crippen molar-refractivity contribution in [3.63, 3.8) is 0 Å². The maximum absolute atomic E-state index is 4.15. The molecule has 0 fully saturated rings. The van der Waals surface area contributed by atoms with Crippen molar-refractivity contribution in [3.05, 3.63) is 0 Å². The number of hydrogen-bond donors (Lipinski definition) is 3. The van der Waals surface area contributed by atoms with Gasteiger partial charge in [-0.15, -0.1) is 0 Å². The second-order valence-electron chi connectivity index (χ2n) is 2.01. The lowest BCUT2D eigenvalue weighted by Crippen LogP contribution is -2.29. The molecule has 0 aliphatic carbocycles. The van der Waals surface area contributed by atoms with Gasteiger partial charge in [0.25, 0.3) is 0 Å². The SMILES string of the molecule is SCCN(CCS)CCS. The monoisotopic (exact) mass is 197 g/mol. The topological polar surface area (TPSA) is 3.24 Å². The molecule has 1 nitrogen and oxygen atoms in total. The van der Waals surface area contributed by atoms with Crippen molar-refractivity contribution in [3.8, 4) is 0 Å². The lowest BCUT2D eigenvalue weighted by atomic mass is 10.5. The van der Waals surface area contributed by atoms with Gasteiger partial charge < -0.3 is 4.90 Å². The summed E-state index contributed by atoms with van der Waals surface area (Å²) >= 11 is 12.5. The van der Waals surface area contributed by atoms with E-state index in [2.05, 4.69) is 42.8 Å². The minimum absolute atomic E-state index is 0.918. The number of hydrogen-bond acceptors (Lipinski definition) is 4. The molecule has 10 heavy (non-hydrogen) atoms. The van der Waals surface area contributed by atoms with Crippen LogP contribution in [0.15, 0.2) is 0 Å². The molecule has 0 aliphatic rings. The molecule has 0 rings (SSSR count). The molecule has 0 N–H and O–H groups in total. The van der Waals surface area contributed by atoms with Gasteiger partial charge in [0, 0.05) is 36.9 Å². The molecule has 0 heterocycles. The third-order valence-electron chi connectivity index (χ3n) is 1.25. The Balaban J connectivity index is 3.30. The van der Waals surface area contributed by atoms with Crippen LogP contribution >= 0.6 is 37.9 Å². The average molecular weight is 197 g/mol. The third kappa shape index (κ3) is 5.77. The summed E-state index contributed by atoms with van der Waals surface area (Å²) in [5.74, 6) is 2.75. The lowest BCUT2D eigenvalue weighted by molar-refractivity contribution is 0.330. The minimum Gasteiger partial charge on any atom is -0.301 e. The third-order valence-corrected chi connectivity index (χ3v) is 1.85. The molecule has 0 saturated heterocycles. The van der Waals surface area contributed by atoms with Gasteiger partial charge in [-0.05, 0) is 0 Å². The highest BCUT2D eigenvalue weighted by Gasteiger charge is 1.99. The second kappa shape index (κ2) is 8.11. The van der Waals surface area contributed by atoms with Crippen LogP contribution in [-0.2, 0) is 0 Å². The van der Waals surface area contributed by atoms with E-state index >= 15 is 0 Å². The Morgan fingerprint density at radius 3 is 1.20 bits per heavy atom. The summed E-state index contributed by atoms with van der Waals surface area (Å²) in [6, 6.07) is 0. The van der Waals surface area contributed by atoms with E-state index in [0.717, 1.165) is 36.9 Å². The van der Waals surface area contributed by atoms with Crippen molar-refractivity contribution in [2.45, 2.75) is 0 Å². The van der Waals surface area contributed by atoms with Crippen molar-refractivity contribution in [1.29, 1.82) is 0 Å². The summed E-state index contributed by atoms with van der Waals surface area (Å²) in [6.45, 7) is 3.14. The van der Waals surface area contributed by atoms with Crippen molar-refractivity contribution < 1.29 is 0 Å². The van der Waals surface area contributed by atoms with Gasteiger partial charge in [-0.2, -0.15) is 37.9 Å². The fraction of sp³-hybridized carbons (Fsp3) is 1.00. The van der Waals surface area contributed by atoms with Crippen LogP contribution in [0.1, 0.15) is 0 Å². The van der Waals surface area contributed by atoms with Crippen LogP contribution in [0.4, 0.5) is 0 Å². The molecule has 0 amide bonds. The van der Waals surface area contributed by atoms with Crippen LogP contribution in [0.2, 0.25) is 0 Å². The van der Waals surface area contributed by atoms with E-state index in [4.69, 9.17) is 0 Å². The van der Waals surface area contributed by atoms with Gasteiger partial charge in [0.2, 0.25) is 0 Å². The highest BCUT2D eigenvalue weighted by molar-refractivity contribution is 7.80. The molecule has 4 heteroatoms. The van der Waals surface area contributed by atoms with E-state index in [1.165, 1.54) is 0 Å². The molecule has 0 aromatic carbocycles. The zero-order valence-corrected chi connectivity index (χ0v) is 8.71. The Morgan fingerprint density at radius 2 is 1.00 bits per heavy atom. The van der Waals surface area contributed by atoms with Gasteiger partial charge in [-0.25, -0.2) is 0 Å². The molecule has 0 aliphatic heterocycles. The van der Waals surface area contributed by atoms with Crippen molar-refractivity contribution in [2.75, 3.05) is 36.9 Å². The Kier molecular flexibility index (Phi) is 8.93. The Morgan fingerprint density at radius 1 is 0.700 bits per heavy atom. The molecule has 0 aromatic rings. The maximum atomic E-state index is 4.15.